The van der Waals surface area contributed by atoms with Crippen LogP contribution in [0.5, 0.6) is 0 Å². The van der Waals surface area contributed by atoms with Gasteiger partial charge in [-0.3, -0.25) is 43.2 Å². The number of aliphatic hydroxyl groups is 2. The molecule has 0 bridgehead atoms. The monoisotopic (exact) mass is 1000 g/mol. The van der Waals surface area contributed by atoms with Gasteiger partial charge in [-0.25, -0.2) is 4.79 Å². The van der Waals surface area contributed by atoms with E-state index in [0.29, 0.717) is 37.9 Å². The van der Waals surface area contributed by atoms with Crippen LogP contribution in [0.1, 0.15) is 108 Å². The lowest BCUT2D eigenvalue weighted by Crippen LogP contribution is -2.61. The zero-order valence-electron chi connectivity index (χ0n) is 42.0. The van der Waals surface area contributed by atoms with E-state index in [2.05, 4.69) is 42.5 Å². The van der Waals surface area contributed by atoms with Crippen molar-refractivity contribution in [3.05, 3.63) is 0 Å². The second-order valence-electron chi connectivity index (χ2n) is 18.6. The lowest BCUT2D eigenvalue weighted by atomic mass is 9.96. The number of carboxylic acid groups (broad SMARTS) is 1. The lowest BCUT2D eigenvalue weighted by Gasteiger charge is -2.32. The number of hydrogen-bond donors (Lipinski definition) is 12. The molecular formula is C45H80N10O13S. The van der Waals surface area contributed by atoms with E-state index in [9.17, 15) is 63.3 Å². The average molecular weight is 1000 g/mol. The van der Waals surface area contributed by atoms with E-state index >= 15 is 0 Å². The Balaban J connectivity index is 3.06. The number of rotatable bonds is 30. The van der Waals surface area contributed by atoms with Crippen molar-refractivity contribution in [3.63, 3.8) is 0 Å². The number of aliphatic hydroxyl groups excluding tert-OH is 2. The maximum Gasteiger partial charge on any atom is 0.326 e. The molecule has 394 valence electrons. The summed E-state index contributed by atoms with van der Waals surface area (Å²) in [5.41, 5.74) is 5.87. The van der Waals surface area contributed by atoms with E-state index in [0.717, 1.165) is 0 Å². The molecule has 0 unspecified atom stereocenters. The van der Waals surface area contributed by atoms with Crippen molar-refractivity contribution in [1.82, 2.24) is 47.4 Å². The molecule has 1 aliphatic heterocycles. The van der Waals surface area contributed by atoms with Crippen molar-refractivity contribution in [1.29, 1.82) is 0 Å². The number of nitrogens with two attached hydrogens (primary N) is 1. The number of aliphatic carboxylic acids is 1. The Labute approximate surface area is 409 Å². The topological polar surface area (TPSA) is 357 Å². The van der Waals surface area contributed by atoms with Gasteiger partial charge in [0.2, 0.25) is 53.2 Å². The third-order valence-electron chi connectivity index (χ3n) is 12.0. The number of carbonyl (C=O) groups excluding carboxylic acids is 9. The van der Waals surface area contributed by atoms with Crippen LogP contribution in [0.15, 0.2) is 0 Å². The summed E-state index contributed by atoms with van der Waals surface area (Å²) < 4.78 is 0. The summed E-state index contributed by atoms with van der Waals surface area (Å²) in [6.45, 7) is 15.2. The molecule has 0 aromatic rings. The van der Waals surface area contributed by atoms with Gasteiger partial charge in [-0.2, -0.15) is 11.8 Å². The molecule has 24 heteroatoms. The van der Waals surface area contributed by atoms with Gasteiger partial charge < -0.3 is 68.5 Å². The fourth-order valence-corrected chi connectivity index (χ4v) is 7.77. The molecule has 1 aliphatic rings. The van der Waals surface area contributed by atoms with Gasteiger partial charge in [0, 0.05) is 6.54 Å². The number of carbonyl (C=O) groups is 10. The molecule has 0 aromatic heterocycles. The number of carboxylic acids is 1. The van der Waals surface area contributed by atoms with E-state index in [4.69, 9.17) is 5.73 Å². The predicted octanol–water partition coefficient (Wildman–Crippen LogP) is -2.16. The summed E-state index contributed by atoms with van der Waals surface area (Å²) in [5, 5.41) is 49.7. The van der Waals surface area contributed by atoms with Crippen LogP contribution in [0, 0.1) is 23.7 Å². The highest BCUT2D eigenvalue weighted by Gasteiger charge is 2.41. The molecule has 12 atom stereocenters. The third kappa shape index (κ3) is 20.1. The number of nitrogens with one attached hydrogen (secondary N) is 8. The Morgan fingerprint density at radius 1 is 0.681 bits per heavy atom. The molecule has 0 saturated carbocycles. The first-order chi connectivity index (χ1) is 32.3. The van der Waals surface area contributed by atoms with Crippen molar-refractivity contribution < 1.29 is 63.3 Å². The smallest absolute Gasteiger partial charge is 0.326 e. The first kappa shape index (κ1) is 61.9. The van der Waals surface area contributed by atoms with E-state index in [-0.39, 0.29) is 18.9 Å². The molecular weight excluding hydrogens is 921 g/mol. The van der Waals surface area contributed by atoms with Crippen LogP contribution in [0.4, 0.5) is 0 Å². The molecule has 0 spiro atoms. The maximum atomic E-state index is 14.0. The van der Waals surface area contributed by atoms with Crippen molar-refractivity contribution in [2.24, 2.45) is 29.4 Å². The number of thioether (sulfide) groups is 1. The molecule has 69 heavy (non-hydrogen) atoms. The summed E-state index contributed by atoms with van der Waals surface area (Å²) in [5.74, 6) is -8.93. The standard InChI is InChI=1S/C45H80N10O13S/c1-12-24(7)34(53-37(59)26(9)48-39(61)30(21-56)50-43(65)36(27(10)57)54-38(60)28(46)16-18-69-11)41(63)47-20-32(58)51-35(25(8)13-2)42(64)49-29(19-22(3)4)44(66)55-17-14-15-31(55)40(62)52-33(23(5)6)45(67)68/h22-31,33-36,56-57H,12-21,46H2,1-11H3,(H,47,63)(H,48,61)(H,49,64)(H,50,65)(H,51,58)(H,52,62)(H,53,59)(H,54,60)(H,67,68)/t24-,25-,26-,27+,28-,29-,30-,31-,33-,34-,35-,36-/m0/s1. The minimum Gasteiger partial charge on any atom is -0.480 e. The van der Waals surface area contributed by atoms with Gasteiger partial charge in [-0.05, 0) is 75.2 Å². The second-order valence-corrected chi connectivity index (χ2v) is 19.5. The van der Waals surface area contributed by atoms with Crippen LogP contribution in [0.3, 0.4) is 0 Å². The highest BCUT2D eigenvalue weighted by atomic mass is 32.2. The SMILES string of the molecule is CC[C@H](C)[C@H](NC(=O)CNC(=O)[C@@H](NC(=O)[C@H](C)NC(=O)[C@H](CO)NC(=O)[C@@H](NC(=O)[C@@H](N)CCSC)[C@@H](C)O)[C@@H](C)CC)C(=O)N[C@@H](CC(C)C)C(=O)N1CCC[C@H]1C(=O)N[C@H](C(=O)O)C(C)C. The van der Waals surface area contributed by atoms with Crippen LogP contribution in [-0.2, 0) is 47.9 Å². The lowest BCUT2D eigenvalue weighted by molar-refractivity contribution is -0.146. The Morgan fingerprint density at radius 2 is 1.23 bits per heavy atom. The number of nitrogens with zero attached hydrogens (tertiary/aromatic N) is 1. The highest BCUT2D eigenvalue weighted by molar-refractivity contribution is 7.98. The summed E-state index contributed by atoms with van der Waals surface area (Å²) in [4.78, 5) is 133. The van der Waals surface area contributed by atoms with Crippen molar-refractivity contribution >= 4 is 70.9 Å². The van der Waals surface area contributed by atoms with E-state index in [1.54, 1.807) is 41.5 Å². The fourth-order valence-electron chi connectivity index (χ4n) is 7.28. The van der Waals surface area contributed by atoms with Gasteiger partial charge in [0.15, 0.2) is 0 Å². The van der Waals surface area contributed by atoms with Crippen molar-refractivity contribution in [2.75, 3.05) is 31.7 Å². The Kier molecular flexibility index (Phi) is 27.4. The highest BCUT2D eigenvalue weighted by Crippen LogP contribution is 2.22. The molecule has 0 aromatic carbocycles. The van der Waals surface area contributed by atoms with Crippen LogP contribution >= 0.6 is 11.8 Å². The zero-order valence-corrected chi connectivity index (χ0v) is 42.8. The molecule has 0 radical (unpaired) electrons. The fraction of sp³-hybridized carbons (Fsp3) is 0.778. The summed E-state index contributed by atoms with van der Waals surface area (Å²) in [6, 6.07) is -11.0. The largest absolute Gasteiger partial charge is 0.480 e. The first-order valence-electron chi connectivity index (χ1n) is 23.7. The molecule has 23 nitrogen and oxygen atoms in total. The van der Waals surface area contributed by atoms with Gasteiger partial charge in [0.25, 0.3) is 0 Å². The van der Waals surface area contributed by atoms with E-state index < -0.39 is 151 Å². The average Bonchev–Trinajstić information content (AvgIpc) is 3.79. The van der Waals surface area contributed by atoms with Gasteiger partial charge in [-0.15, -0.1) is 0 Å². The van der Waals surface area contributed by atoms with Gasteiger partial charge in [-0.1, -0.05) is 68.2 Å². The Morgan fingerprint density at radius 3 is 1.74 bits per heavy atom. The zero-order chi connectivity index (χ0) is 52.9. The molecule has 1 saturated heterocycles. The molecule has 13 N–H and O–H groups in total. The normalized spacial score (nSPS) is 18.4. The summed E-state index contributed by atoms with van der Waals surface area (Å²) >= 11 is 1.46. The minimum atomic E-state index is -1.62. The minimum absolute atomic E-state index is 0.0854. The molecule has 1 rings (SSSR count). The summed E-state index contributed by atoms with van der Waals surface area (Å²) in [7, 11) is 0. The predicted molar refractivity (Wildman–Crippen MR) is 258 cm³/mol. The van der Waals surface area contributed by atoms with Crippen molar-refractivity contribution in [2.45, 2.75) is 168 Å². The number of likely N-dealkylation sites (tertiary alicyclic amines) is 1. The molecule has 9 amide bonds. The van der Waals surface area contributed by atoms with Gasteiger partial charge in [0.05, 0.1) is 25.3 Å². The Bertz CT molecular complexity index is 1770. The van der Waals surface area contributed by atoms with Crippen molar-refractivity contribution in [3.8, 4) is 0 Å². The van der Waals surface area contributed by atoms with Crippen LogP contribution in [0.2, 0.25) is 0 Å². The van der Waals surface area contributed by atoms with Gasteiger partial charge in [0.1, 0.15) is 48.3 Å². The van der Waals surface area contributed by atoms with E-state index in [1.807, 2.05) is 20.1 Å². The second kappa shape index (κ2) is 30.5. The first-order valence-corrected chi connectivity index (χ1v) is 25.1. The summed E-state index contributed by atoms with van der Waals surface area (Å²) in [6.07, 6.45) is 2.51. The molecule has 1 heterocycles. The third-order valence-corrected chi connectivity index (χ3v) is 12.7. The molecule has 1 fully saturated rings. The van der Waals surface area contributed by atoms with Crippen LogP contribution in [-0.4, -0.2) is 172 Å². The van der Waals surface area contributed by atoms with Gasteiger partial charge >= 0.3 is 5.97 Å². The van der Waals surface area contributed by atoms with Crippen LogP contribution < -0.4 is 48.3 Å². The number of amides is 9. The van der Waals surface area contributed by atoms with Crippen LogP contribution in [0.25, 0.3) is 0 Å². The number of hydrogen-bond acceptors (Lipinski definition) is 14. The Hall–Kier alpha value is -5.07. The van der Waals surface area contributed by atoms with E-state index in [1.165, 1.54) is 30.5 Å². The molecule has 0 aliphatic carbocycles. The quantitative estimate of drug-likeness (QED) is 0.0365. The maximum absolute atomic E-state index is 14.0.